The molecular weight excluding hydrogens is 224 g/mol. The average molecular weight is 244 g/mol. The van der Waals surface area contributed by atoms with Crippen molar-refractivity contribution >= 4 is 17.7 Å². The molecule has 6 heteroatoms. The van der Waals surface area contributed by atoms with Crippen molar-refractivity contribution in [3.05, 3.63) is 0 Å². The Hall–Kier alpha value is -1.43. The first-order chi connectivity index (χ1) is 7.97. The third-order valence-electron chi connectivity index (χ3n) is 2.23. The quantitative estimate of drug-likeness (QED) is 0.497. The number of unbranched alkanes of at least 4 members (excludes halogenated alkanes) is 2. The lowest BCUT2D eigenvalue weighted by atomic mass is 10.1. The van der Waals surface area contributed by atoms with E-state index in [9.17, 15) is 14.4 Å². The van der Waals surface area contributed by atoms with Gasteiger partial charge < -0.3 is 16.2 Å². The topological polar surface area (TPSA) is 109 Å². The van der Waals surface area contributed by atoms with Crippen LogP contribution in [-0.2, 0) is 14.4 Å². The summed E-state index contributed by atoms with van der Waals surface area (Å²) in [5, 5.41) is 11.1. The van der Waals surface area contributed by atoms with Gasteiger partial charge in [0.25, 0.3) is 0 Å². The van der Waals surface area contributed by atoms with E-state index < -0.39 is 12.0 Å². The number of aliphatic carboxylic acids is 1. The number of nitrogens with two attached hydrogens (primary N) is 1. The standard InChI is InChI=1S/C11H20N2O4/c1-8(14)7-9(11(16)17)13-10(15)5-3-2-4-6-12/h9H,2-7,12H2,1H3,(H,13,15)(H,16,17)/t9-/m0/s1. The highest BCUT2D eigenvalue weighted by Crippen LogP contribution is 2.00. The minimum absolute atomic E-state index is 0.177. The third kappa shape index (κ3) is 8.38. The van der Waals surface area contributed by atoms with E-state index in [4.69, 9.17) is 10.8 Å². The minimum Gasteiger partial charge on any atom is -0.480 e. The molecule has 0 saturated carbocycles. The first-order valence-corrected chi connectivity index (χ1v) is 5.69. The highest BCUT2D eigenvalue weighted by Gasteiger charge is 2.21. The molecule has 0 fully saturated rings. The summed E-state index contributed by atoms with van der Waals surface area (Å²) in [6.45, 7) is 1.88. The zero-order chi connectivity index (χ0) is 13.3. The highest BCUT2D eigenvalue weighted by atomic mass is 16.4. The Bertz CT molecular complexity index is 279. The molecule has 0 rings (SSSR count). The lowest BCUT2D eigenvalue weighted by Gasteiger charge is -2.12. The number of hydrogen-bond acceptors (Lipinski definition) is 4. The van der Waals surface area contributed by atoms with Gasteiger partial charge >= 0.3 is 5.97 Å². The number of Topliss-reactive ketones (excluding diaryl/α,β-unsaturated/α-hetero) is 1. The first kappa shape index (κ1) is 15.6. The Balaban J connectivity index is 3.96. The Morgan fingerprint density at radius 3 is 2.35 bits per heavy atom. The van der Waals surface area contributed by atoms with Gasteiger partial charge in [0.2, 0.25) is 5.91 Å². The van der Waals surface area contributed by atoms with Gasteiger partial charge in [-0.1, -0.05) is 6.42 Å². The predicted octanol–water partition coefficient (Wildman–Crippen LogP) is 0.0540. The van der Waals surface area contributed by atoms with Gasteiger partial charge in [-0.15, -0.1) is 0 Å². The van der Waals surface area contributed by atoms with E-state index in [2.05, 4.69) is 5.32 Å². The molecule has 0 unspecified atom stereocenters. The summed E-state index contributed by atoms with van der Waals surface area (Å²) in [7, 11) is 0. The molecule has 0 radical (unpaired) electrons. The van der Waals surface area contributed by atoms with Crippen molar-refractivity contribution in [3.8, 4) is 0 Å². The van der Waals surface area contributed by atoms with Crippen molar-refractivity contribution in [2.75, 3.05) is 6.54 Å². The normalized spacial score (nSPS) is 11.9. The maximum absolute atomic E-state index is 11.4. The van der Waals surface area contributed by atoms with Crippen LogP contribution >= 0.6 is 0 Å². The molecule has 1 atom stereocenters. The molecule has 0 aromatic rings. The van der Waals surface area contributed by atoms with Gasteiger partial charge in [0.15, 0.2) is 0 Å². The summed E-state index contributed by atoms with van der Waals surface area (Å²) >= 11 is 0. The van der Waals surface area contributed by atoms with Gasteiger partial charge in [-0.05, 0) is 26.3 Å². The lowest BCUT2D eigenvalue weighted by molar-refractivity contribution is -0.143. The SMILES string of the molecule is CC(=O)C[C@H](NC(=O)CCCCCN)C(=O)O. The Kier molecular flexibility index (Phi) is 7.96. The van der Waals surface area contributed by atoms with Crippen LogP contribution in [0.2, 0.25) is 0 Å². The fraction of sp³-hybridized carbons (Fsp3) is 0.727. The molecule has 0 aliphatic carbocycles. The van der Waals surface area contributed by atoms with Crippen LogP contribution in [0.3, 0.4) is 0 Å². The Morgan fingerprint density at radius 1 is 1.24 bits per heavy atom. The number of hydrogen-bond donors (Lipinski definition) is 3. The number of carboxylic acid groups (broad SMARTS) is 1. The summed E-state index contributed by atoms with van der Waals surface area (Å²) in [5.41, 5.74) is 5.30. The predicted molar refractivity (Wildman–Crippen MR) is 62.4 cm³/mol. The van der Waals surface area contributed by atoms with Crippen LogP contribution < -0.4 is 11.1 Å². The van der Waals surface area contributed by atoms with E-state index >= 15 is 0 Å². The molecule has 98 valence electrons. The molecule has 6 nitrogen and oxygen atoms in total. The Morgan fingerprint density at radius 2 is 1.88 bits per heavy atom. The highest BCUT2D eigenvalue weighted by molar-refractivity contribution is 5.88. The molecule has 0 heterocycles. The van der Waals surface area contributed by atoms with E-state index in [1.165, 1.54) is 6.92 Å². The van der Waals surface area contributed by atoms with Crippen molar-refractivity contribution in [2.45, 2.75) is 45.1 Å². The zero-order valence-corrected chi connectivity index (χ0v) is 10.1. The van der Waals surface area contributed by atoms with E-state index in [-0.39, 0.29) is 24.5 Å². The van der Waals surface area contributed by atoms with Gasteiger partial charge in [-0.2, -0.15) is 0 Å². The monoisotopic (exact) mass is 244 g/mol. The summed E-state index contributed by atoms with van der Waals surface area (Å²) in [4.78, 5) is 33.0. The maximum Gasteiger partial charge on any atom is 0.326 e. The second kappa shape index (κ2) is 8.69. The second-order valence-corrected chi connectivity index (χ2v) is 3.96. The number of ketones is 1. The summed E-state index contributed by atoms with van der Waals surface area (Å²) in [6, 6.07) is -1.12. The molecule has 0 spiro atoms. The molecule has 0 aromatic heterocycles. The summed E-state index contributed by atoms with van der Waals surface area (Å²) in [6.07, 6.45) is 2.46. The lowest BCUT2D eigenvalue weighted by Crippen LogP contribution is -2.41. The third-order valence-corrected chi connectivity index (χ3v) is 2.23. The fourth-order valence-electron chi connectivity index (χ4n) is 1.36. The van der Waals surface area contributed by atoms with Crippen molar-refractivity contribution < 1.29 is 19.5 Å². The van der Waals surface area contributed by atoms with Crippen LogP contribution in [0, 0.1) is 0 Å². The Labute approximate surface area is 101 Å². The van der Waals surface area contributed by atoms with E-state index in [0.29, 0.717) is 13.0 Å². The van der Waals surface area contributed by atoms with Gasteiger partial charge in [0.05, 0.1) is 0 Å². The molecular formula is C11H20N2O4. The molecule has 1 amide bonds. The average Bonchev–Trinajstić information content (AvgIpc) is 2.22. The summed E-state index contributed by atoms with van der Waals surface area (Å²) in [5.74, 6) is -1.79. The van der Waals surface area contributed by atoms with Crippen LogP contribution in [0.15, 0.2) is 0 Å². The van der Waals surface area contributed by atoms with Crippen molar-refractivity contribution in [1.82, 2.24) is 5.32 Å². The van der Waals surface area contributed by atoms with Gasteiger partial charge in [-0.3, -0.25) is 9.59 Å². The molecule has 4 N–H and O–H groups in total. The van der Waals surface area contributed by atoms with Crippen molar-refractivity contribution in [2.24, 2.45) is 5.73 Å². The van der Waals surface area contributed by atoms with Crippen LogP contribution in [0.1, 0.15) is 39.0 Å². The number of rotatable bonds is 9. The first-order valence-electron chi connectivity index (χ1n) is 5.69. The van der Waals surface area contributed by atoms with Crippen molar-refractivity contribution in [3.63, 3.8) is 0 Å². The van der Waals surface area contributed by atoms with Crippen LogP contribution in [0.4, 0.5) is 0 Å². The van der Waals surface area contributed by atoms with Crippen molar-refractivity contribution in [1.29, 1.82) is 0 Å². The molecule has 0 saturated heterocycles. The minimum atomic E-state index is -1.18. The van der Waals surface area contributed by atoms with E-state index in [1.807, 2.05) is 0 Å². The molecule has 0 aliphatic heterocycles. The number of amides is 1. The molecule has 17 heavy (non-hydrogen) atoms. The second-order valence-electron chi connectivity index (χ2n) is 3.96. The molecule has 0 bridgehead atoms. The largest absolute Gasteiger partial charge is 0.480 e. The number of carbonyl (C=O) groups excluding carboxylic acids is 2. The molecule has 0 aromatic carbocycles. The summed E-state index contributed by atoms with van der Waals surface area (Å²) < 4.78 is 0. The number of carbonyl (C=O) groups is 3. The van der Waals surface area contributed by atoms with Crippen LogP contribution in [0.25, 0.3) is 0 Å². The van der Waals surface area contributed by atoms with Gasteiger partial charge in [0, 0.05) is 12.8 Å². The van der Waals surface area contributed by atoms with Crippen LogP contribution in [-0.4, -0.2) is 35.4 Å². The smallest absolute Gasteiger partial charge is 0.326 e. The van der Waals surface area contributed by atoms with Gasteiger partial charge in [-0.25, -0.2) is 4.79 Å². The maximum atomic E-state index is 11.4. The zero-order valence-electron chi connectivity index (χ0n) is 10.1. The van der Waals surface area contributed by atoms with Gasteiger partial charge in [0.1, 0.15) is 11.8 Å². The fourth-order valence-corrected chi connectivity index (χ4v) is 1.36. The van der Waals surface area contributed by atoms with Crippen LogP contribution in [0.5, 0.6) is 0 Å². The van der Waals surface area contributed by atoms with E-state index in [0.717, 1.165) is 12.8 Å². The number of nitrogens with one attached hydrogen (secondary N) is 1. The molecule has 0 aliphatic rings. The number of carboxylic acids is 1. The van der Waals surface area contributed by atoms with E-state index in [1.54, 1.807) is 0 Å².